The third kappa shape index (κ3) is 1.90. The van der Waals surface area contributed by atoms with Crippen LogP contribution in [0.1, 0.15) is 5.56 Å². The summed E-state index contributed by atoms with van der Waals surface area (Å²) in [6.45, 7) is 1.95. The fraction of sp³-hybridized carbons (Fsp3) is 0.200. The van der Waals surface area contributed by atoms with Crippen LogP contribution in [-0.4, -0.2) is 14.8 Å². The number of nitrogen functional groups attached to an aromatic ring is 1. The van der Waals surface area contributed by atoms with Crippen LogP contribution in [0.4, 0.5) is 17.3 Å². The van der Waals surface area contributed by atoms with Crippen LogP contribution in [0, 0.1) is 6.92 Å². The van der Waals surface area contributed by atoms with Gasteiger partial charge in [0.2, 0.25) is 0 Å². The Bertz CT molecular complexity index is 474. The SMILES string of the molecule is Cc1ccnc(Nc2ccn(C)n2)c1N. The van der Waals surface area contributed by atoms with Crippen molar-refractivity contribution in [1.29, 1.82) is 0 Å². The topological polar surface area (TPSA) is 68.8 Å². The molecule has 15 heavy (non-hydrogen) atoms. The second-order valence-electron chi connectivity index (χ2n) is 3.39. The van der Waals surface area contributed by atoms with Gasteiger partial charge in [0.1, 0.15) is 0 Å². The summed E-state index contributed by atoms with van der Waals surface area (Å²) in [6, 6.07) is 3.74. The standard InChI is InChI=1S/C10H13N5/c1-7-3-5-12-10(9(7)11)13-8-4-6-15(2)14-8/h3-6H,11H2,1-2H3,(H,12,13,14). The van der Waals surface area contributed by atoms with Crippen LogP contribution in [0.5, 0.6) is 0 Å². The van der Waals surface area contributed by atoms with Gasteiger partial charge in [0.05, 0.1) is 5.69 Å². The molecule has 3 N–H and O–H groups in total. The molecule has 0 fully saturated rings. The fourth-order valence-corrected chi connectivity index (χ4v) is 1.27. The highest BCUT2D eigenvalue weighted by atomic mass is 15.3. The van der Waals surface area contributed by atoms with E-state index in [0.29, 0.717) is 11.5 Å². The number of aromatic nitrogens is 3. The van der Waals surface area contributed by atoms with Crippen LogP contribution < -0.4 is 11.1 Å². The Kier molecular flexibility index (Phi) is 2.29. The Labute approximate surface area is 87.9 Å². The Morgan fingerprint density at radius 1 is 1.40 bits per heavy atom. The summed E-state index contributed by atoms with van der Waals surface area (Å²) in [7, 11) is 1.86. The third-order valence-electron chi connectivity index (χ3n) is 2.17. The summed E-state index contributed by atoms with van der Waals surface area (Å²) in [5, 5.41) is 7.25. The van der Waals surface area contributed by atoms with E-state index in [9.17, 15) is 0 Å². The van der Waals surface area contributed by atoms with Crippen LogP contribution in [0.3, 0.4) is 0 Å². The average molecular weight is 203 g/mol. The lowest BCUT2D eigenvalue weighted by atomic mass is 10.2. The van der Waals surface area contributed by atoms with E-state index >= 15 is 0 Å². The normalized spacial score (nSPS) is 10.3. The van der Waals surface area contributed by atoms with E-state index in [1.807, 2.05) is 32.3 Å². The lowest BCUT2D eigenvalue weighted by Crippen LogP contribution is -2.01. The zero-order valence-corrected chi connectivity index (χ0v) is 8.73. The molecule has 0 aromatic carbocycles. The number of nitrogens with zero attached hydrogens (tertiary/aromatic N) is 3. The van der Waals surface area contributed by atoms with Crippen LogP contribution in [0.2, 0.25) is 0 Å². The first kappa shape index (κ1) is 9.51. The zero-order chi connectivity index (χ0) is 10.8. The molecule has 0 saturated carbocycles. The number of nitrogens with one attached hydrogen (secondary N) is 1. The maximum Gasteiger partial charge on any atom is 0.155 e. The largest absolute Gasteiger partial charge is 0.396 e. The van der Waals surface area contributed by atoms with Crippen LogP contribution in [-0.2, 0) is 7.05 Å². The number of aryl methyl sites for hydroxylation is 2. The minimum atomic E-state index is 0.647. The van der Waals surface area contributed by atoms with Gasteiger partial charge < -0.3 is 11.1 Å². The second-order valence-corrected chi connectivity index (χ2v) is 3.39. The van der Waals surface area contributed by atoms with Crippen molar-refractivity contribution < 1.29 is 0 Å². The summed E-state index contributed by atoms with van der Waals surface area (Å²) in [6.07, 6.45) is 3.57. The number of pyridine rings is 1. The molecule has 0 aliphatic rings. The van der Waals surface area contributed by atoms with Gasteiger partial charge in [-0.1, -0.05) is 0 Å². The van der Waals surface area contributed by atoms with E-state index in [4.69, 9.17) is 5.73 Å². The summed E-state index contributed by atoms with van der Waals surface area (Å²) >= 11 is 0. The maximum atomic E-state index is 5.88. The van der Waals surface area contributed by atoms with Crippen molar-refractivity contribution >= 4 is 17.3 Å². The zero-order valence-electron chi connectivity index (χ0n) is 8.73. The minimum absolute atomic E-state index is 0.647. The van der Waals surface area contributed by atoms with E-state index in [2.05, 4.69) is 15.4 Å². The molecule has 0 bridgehead atoms. The van der Waals surface area contributed by atoms with Crippen molar-refractivity contribution in [3.8, 4) is 0 Å². The number of hydrogen-bond acceptors (Lipinski definition) is 4. The predicted molar refractivity (Wildman–Crippen MR) is 59.9 cm³/mol. The molecule has 2 aromatic heterocycles. The van der Waals surface area contributed by atoms with Gasteiger partial charge in [0.15, 0.2) is 11.6 Å². The number of rotatable bonds is 2. The number of hydrogen-bond donors (Lipinski definition) is 2. The average Bonchev–Trinajstić information content (AvgIpc) is 2.59. The van der Waals surface area contributed by atoms with E-state index in [1.165, 1.54) is 0 Å². The second kappa shape index (κ2) is 3.61. The predicted octanol–water partition coefficient (Wildman–Crippen LogP) is 1.45. The molecular formula is C10H13N5. The summed E-state index contributed by atoms with van der Waals surface area (Å²) in [4.78, 5) is 4.16. The molecule has 0 radical (unpaired) electrons. The molecule has 2 rings (SSSR count). The first-order chi connectivity index (χ1) is 7.16. The molecule has 2 heterocycles. The van der Waals surface area contributed by atoms with Crippen LogP contribution in [0.25, 0.3) is 0 Å². The molecule has 0 amide bonds. The van der Waals surface area contributed by atoms with Gasteiger partial charge in [-0.05, 0) is 18.6 Å². The smallest absolute Gasteiger partial charge is 0.155 e. The molecule has 0 aliphatic carbocycles. The fourth-order valence-electron chi connectivity index (χ4n) is 1.27. The first-order valence-electron chi connectivity index (χ1n) is 4.64. The lowest BCUT2D eigenvalue weighted by Gasteiger charge is -2.07. The highest BCUT2D eigenvalue weighted by Crippen LogP contribution is 2.21. The molecule has 0 saturated heterocycles. The van der Waals surface area contributed by atoms with Crippen molar-refractivity contribution in [2.24, 2.45) is 7.05 Å². The van der Waals surface area contributed by atoms with E-state index in [-0.39, 0.29) is 0 Å². The van der Waals surface area contributed by atoms with E-state index in [0.717, 1.165) is 11.4 Å². The highest BCUT2D eigenvalue weighted by molar-refractivity contribution is 5.69. The Morgan fingerprint density at radius 2 is 2.20 bits per heavy atom. The van der Waals surface area contributed by atoms with Crippen LogP contribution in [0.15, 0.2) is 24.5 Å². The molecule has 0 spiro atoms. The van der Waals surface area contributed by atoms with Crippen molar-refractivity contribution in [3.63, 3.8) is 0 Å². The van der Waals surface area contributed by atoms with Gasteiger partial charge in [0.25, 0.3) is 0 Å². The number of nitrogens with two attached hydrogens (primary N) is 1. The highest BCUT2D eigenvalue weighted by Gasteiger charge is 2.04. The molecule has 0 aliphatic heterocycles. The van der Waals surface area contributed by atoms with Gasteiger partial charge in [0, 0.05) is 25.5 Å². The number of anilines is 3. The summed E-state index contributed by atoms with van der Waals surface area (Å²) < 4.78 is 1.72. The Balaban J connectivity index is 2.28. The summed E-state index contributed by atoms with van der Waals surface area (Å²) in [5.41, 5.74) is 7.54. The summed E-state index contributed by atoms with van der Waals surface area (Å²) in [5.74, 6) is 1.39. The van der Waals surface area contributed by atoms with Crippen LogP contribution >= 0.6 is 0 Å². The van der Waals surface area contributed by atoms with Gasteiger partial charge in [-0.25, -0.2) is 4.98 Å². The van der Waals surface area contributed by atoms with Gasteiger partial charge >= 0.3 is 0 Å². The monoisotopic (exact) mass is 203 g/mol. The molecule has 5 nitrogen and oxygen atoms in total. The Morgan fingerprint density at radius 3 is 2.87 bits per heavy atom. The lowest BCUT2D eigenvalue weighted by molar-refractivity contribution is 0.771. The third-order valence-corrected chi connectivity index (χ3v) is 2.17. The molecule has 5 heteroatoms. The molecular weight excluding hydrogens is 190 g/mol. The maximum absolute atomic E-state index is 5.88. The molecule has 0 atom stereocenters. The van der Waals surface area contributed by atoms with E-state index in [1.54, 1.807) is 10.9 Å². The van der Waals surface area contributed by atoms with E-state index < -0.39 is 0 Å². The van der Waals surface area contributed by atoms with Crippen molar-refractivity contribution in [2.45, 2.75) is 6.92 Å². The van der Waals surface area contributed by atoms with Crippen molar-refractivity contribution in [1.82, 2.24) is 14.8 Å². The first-order valence-corrected chi connectivity index (χ1v) is 4.64. The molecule has 78 valence electrons. The molecule has 2 aromatic rings. The van der Waals surface area contributed by atoms with Gasteiger partial charge in [-0.3, -0.25) is 4.68 Å². The Hall–Kier alpha value is -2.04. The quantitative estimate of drug-likeness (QED) is 0.775. The van der Waals surface area contributed by atoms with Crippen molar-refractivity contribution in [2.75, 3.05) is 11.1 Å². The molecule has 0 unspecified atom stereocenters. The van der Waals surface area contributed by atoms with Gasteiger partial charge in [-0.15, -0.1) is 0 Å². The van der Waals surface area contributed by atoms with Crippen molar-refractivity contribution in [3.05, 3.63) is 30.1 Å². The van der Waals surface area contributed by atoms with Gasteiger partial charge in [-0.2, -0.15) is 5.10 Å². The minimum Gasteiger partial charge on any atom is -0.396 e.